The van der Waals surface area contributed by atoms with Gasteiger partial charge in [0.25, 0.3) is 0 Å². The number of nitrogens with zero attached hydrogens (tertiary/aromatic N) is 1. The summed E-state index contributed by atoms with van der Waals surface area (Å²) in [6.45, 7) is 1.95. The average molecular weight is 298 g/mol. The first kappa shape index (κ1) is 18.1. The number of hydrogen-bond donors (Lipinski definition) is 3. The van der Waals surface area contributed by atoms with Gasteiger partial charge < -0.3 is 20.4 Å². The zero-order valence-corrected chi connectivity index (χ0v) is 13.1. The first-order valence-electron chi connectivity index (χ1n) is 8.17. The molecule has 1 rings (SSSR count). The zero-order valence-electron chi connectivity index (χ0n) is 13.1. The van der Waals surface area contributed by atoms with Crippen LogP contribution in [0.25, 0.3) is 0 Å². The third kappa shape index (κ3) is 7.07. The molecule has 0 radical (unpaired) electrons. The normalized spacial score (nSPS) is 14.3. The topological polar surface area (TPSA) is 92.5 Å². The van der Waals surface area contributed by atoms with E-state index in [0.29, 0.717) is 11.6 Å². The van der Waals surface area contributed by atoms with Crippen LogP contribution in [0.2, 0.25) is 0 Å². The lowest BCUT2D eigenvalue weighted by Gasteiger charge is -2.12. The van der Waals surface area contributed by atoms with Crippen molar-refractivity contribution in [3.8, 4) is 0 Å². The lowest BCUT2D eigenvalue weighted by molar-refractivity contribution is 0.106. The minimum Gasteiger partial charge on any atom is -0.449 e. The lowest BCUT2D eigenvalue weighted by Crippen LogP contribution is -2.32. The Hall–Kier alpha value is -0.910. The maximum atomic E-state index is 9.81. The van der Waals surface area contributed by atoms with E-state index in [2.05, 4.69) is 11.9 Å². The van der Waals surface area contributed by atoms with Crippen LogP contribution < -0.4 is 5.73 Å². The molecule has 122 valence electrons. The van der Waals surface area contributed by atoms with Crippen LogP contribution >= 0.6 is 0 Å². The van der Waals surface area contributed by atoms with Gasteiger partial charge in [0.15, 0.2) is 5.89 Å². The molecule has 0 bridgehead atoms. The first-order valence-corrected chi connectivity index (χ1v) is 8.17. The fourth-order valence-electron chi connectivity index (χ4n) is 2.31. The predicted octanol–water partition coefficient (Wildman–Crippen LogP) is 2.71. The van der Waals surface area contributed by atoms with Crippen LogP contribution in [0.1, 0.15) is 76.0 Å². The van der Waals surface area contributed by atoms with E-state index in [-0.39, 0.29) is 6.61 Å². The molecule has 4 N–H and O–H groups in total. The molecule has 0 fully saturated rings. The lowest BCUT2D eigenvalue weighted by atomic mass is 10.1. The highest BCUT2D eigenvalue weighted by atomic mass is 16.3. The van der Waals surface area contributed by atoms with Crippen molar-refractivity contribution < 1.29 is 14.6 Å². The quantitative estimate of drug-likeness (QED) is 0.516. The van der Waals surface area contributed by atoms with Gasteiger partial charge in [-0.3, -0.25) is 0 Å². The number of oxazole rings is 1. The summed E-state index contributed by atoms with van der Waals surface area (Å²) in [7, 11) is 0. The van der Waals surface area contributed by atoms with Gasteiger partial charge in [-0.25, -0.2) is 4.98 Å². The monoisotopic (exact) mass is 298 g/mol. The van der Waals surface area contributed by atoms with Gasteiger partial charge in [-0.05, 0) is 6.42 Å². The van der Waals surface area contributed by atoms with Gasteiger partial charge in [0, 0.05) is 6.42 Å². The van der Waals surface area contributed by atoms with Crippen LogP contribution in [0.3, 0.4) is 0 Å². The Kier molecular flexibility index (Phi) is 9.30. The van der Waals surface area contributed by atoms with E-state index in [0.717, 1.165) is 12.8 Å². The van der Waals surface area contributed by atoms with Crippen molar-refractivity contribution in [3.63, 3.8) is 0 Å². The van der Waals surface area contributed by atoms with Crippen molar-refractivity contribution in [2.24, 2.45) is 5.73 Å². The SMILES string of the molecule is CCCCCCCCCCc1nc(C(O)C(N)CO)co1. The predicted molar refractivity (Wildman–Crippen MR) is 82.8 cm³/mol. The van der Waals surface area contributed by atoms with Crippen molar-refractivity contribution in [1.82, 2.24) is 4.98 Å². The molecule has 0 saturated carbocycles. The molecule has 0 spiro atoms. The highest BCUT2D eigenvalue weighted by Gasteiger charge is 2.19. The molecule has 5 heteroatoms. The maximum Gasteiger partial charge on any atom is 0.194 e. The molecule has 0 aliphatic heterocycles. The van der Waals surface area contributed by atoms with Crippen LogP contribution in [-0.4, -0.2) is 27.8 Å². The second-order valence-electron chi connectivity index (χ2n) is 5.68. The number of aliphatic hydroxyl groups excluding tert-OH is 2. The molecule has 21 heavy (non-hydrogen) atoms. The number of unbranched alkanes of at least 4 members (excludes halogenated alkanes) is 7. The molecule has 2 unspecified atom stereocenters. The van der Waals surface area contributed by atoms with Crippen LogP contribution in [0, 0.1) is 0 Å². The Labute approximate surface area is 127 Å². The minimum absolute atomic E-state index is 0.276. The van der Waals surface area contributed by atoms with E-state index in [1.807, 2.05) is 0 Å². The molecule has 0 aliphatic carbocycles. The Morgan fingerprint density at radius 1 is 1.14 bits per heavy atom. The number of hydrogen-bond acceptors (Lipinski definition) is 5. The van der Waals surface area contributed by atoms with Gasteiger partial charge in [0.1, 0.15) is 18.1 Å². The molecule has 2 atom stereocenters. The summed E-state index contributed by atoms with van der Waals surface area (Å²) in [4.78, 5) is 4.23. The number of nitrogens with two attached hydrogens (primary N) is 1. The van der Waals surface area contributed by atoms with Crippen molar-refractivity contribution in [1.29, 1.82) is 0 Å². The van der Waals surface area contributed by atoms with E-state index >= 15 is 0 Å². The zero-order chi connectivity index (χ0) is 15.5. The Morgan fingerprint density at radius 2 is 1.76 bits per heavy atom. The maximum absolute atomic E-state index is 9.81. The van der Waals surface area contributed by atoms with Crippen molar-refractivity contribution in [2.45, 2.75) is 76.9 Å². The van der Waals surface area contributed by atoms with Gasteiger partial charge in [0.05, 0.1) is 12.6 Å². The molecule has 1 aromatic heterocycles. The fourth-order valence-corrected chi connectivity index (χ4v) is 2.31. The van der Waals surface area contributed by atoms with E-state index in [9.17, 15) is 5.11 Å². The summed E-state index contributed by atoms with van der Waals surface area (Å²) < 4.78 is 5.33. The van der Waals surface area contributed by atoms with Crippen LogP contribution in [0.4, 0.5) is 0 Å². The largest absolute Gasteiger partial charge is 0.449 e. The van der Waals surface area contributed by atoms with Gasteiger partial charge in [-0.15, -0.1) is 0 Å². The molecular weight excluding hydrogens is 268 g/mol. The third-order valence-electron chi connectivity index (χ3n) is 3.73. The Bertz CT molecular complexity index is 368. The van der Waals surface area contributed by atoms with Crippen molar-refractivity contribution in [3.05, 3.63) is 17.8 Å². The fraction of sp³-hybridized carbons (Fsp3) is 0.812. The van der Waals surface area contributed by atoms with Crippen LogP contribution in [0.5, 0.6) is 0 Å². The highest BCUT2D eigenvalue weighted by Crippen LogP contribution is 2.17. The average Bonchev–Trinajstić information content (AvgIpc) is 2.97. The standard InChI is InChI=1S/C16H30N2O3/c1-2-3-4-5-6-7-8-9-10-15-18-14(12-21-15)16(20)13(17)11-19/h12-13,16,19-20H,2-11,17H2,1H3. The molecule has 1 aromatic rings. The summed E-state index contributed by atoms with van der Waals surface area (Å²) >= 11 is 0. The van der Waals surface area contributed by atoms with E-state index in [1.54, 1.807) is 0 Å². The van der Waals surface area contributed by atoms with E-state index < -0.39 is 12.1 Å². The number of aromatic nitrogens is 1. The first-order chi connectivity index (χ1) is 10.2. The molecule has 0 aromatic carbocycles. The molecular formula is C16H30N2O3. The third-order valence-corrected chi connectivity index (χ3v) is 3.73. The second-order valence-corrected chi connectivity index (χ2v) is 5.68. The summed E-state index contributed by atoms with van der Waals surface area (Å²) in [5.41, 5.74) is 5.97. The number of aliphatic hydroxyl groups is 2. The van der Waals surface area contributed by atoms with Gasteiger partial charge in [-0.1, -0.05) is 51.9 Å². The Morgan fingerprint density at radius 3 is 2.38 bits per heavy atom. The van der Waals surface area contributed by atoms with Gasteiger partial charge >= 0.3 is 0 Å². The van der Waals surface area contributed by atoms with Crippen LogP contribution in [0.15, 0.2) is 10.7 Å². The van der Waals surface area contributed by atoms with E-state index in [1.165, 1.54) is 51.2 Å². The van der Waals surface area contributed by atoms with Gasteiger partial charge in [-0.2, -0.15) is 0 Å². The summed E-state index contributed by atoms with van der Waals surface area (Å²) in [5, 5.41) is 18.7. The molecule has 5 nitrogen and oxygen atoms in total. The molecule has 0 amide bonds. The number of rotatable bonds is 12. The molecule has 1 heterocycles. The highest BCUT2D eigenvalue weighted by molar-refractivity contribution is 5.03. The summed E-state index contributed by atoms with van der Waals surface area (Å²) in [6.07, 6.45) is 11.4. The summed E-state index contributed by atoms with van der Waals surface area (Å²) in [5.74, 6) is 0.639. The smallest absolute Gasteiger partial charge is 0.194 e. The number of aryl methyl sites for hydroxylation is 1. The molecule has 0 aliphatic rings. The van der Waals surface area contributed by atoms with Crippen molar-refractivity contribution in [2.75, 3.05) is 6.61 Å². The second kappa shape index (κ2) is 10.8. The molecule has 0 saturated heterocycles. The Balaban J connectivity index is 2.14. The van der Waals surface area contributed by atoms with Gasteiger partial charge in [0.2, 0.25) is 0 Å². The van der Waals surface area contributed by atoms with E-state index in [4.69, 9.17) is 15.3 Å². The minimum atomic E-state index is -0.967. The van der Waals surface area contributed by atoms with Crippen LogP contribution in [-0.2, 0) is 6.42 Å². The van der Waals surface area contributed by atoms with Crippen molar-refractivity contribution >= 4 is 0 Å². The summed E-state index contributed by atoms with van der Waals surface area (Å²) in [6, 6.07) is -0.717.